The van der Waals surface area contributed by atoms with E-state index in [1.807, 2.05) is 0 Å². The number of carbonyl (C=O) groups is 1. The number of carbonyl (C=O) groups excluding carboxylic acids is 1. The fraction of sp³-hybridized carbons (Fsp3) is 0.750. The van der Waals surface area contributed by atoms with E-state index in [-0.39, 0.29) is 29.5 Å². The molecule has 0 unspecified atom stereocenters. The summed E-state index contributed by atoms with van der Waals surface area (Å²) in [5.74, 6) is -1.61. The largest absolute Gasteiger partial charge is 0.447 e. The Morgan fingerprint density at radius 1 is 1.55 bits per heavy atom. The summed E-state index contributed by atoms with van der Waals surface area (Å²) in [7, 11) is -4.17. The molecule has 0 fully saturated rings. The molecule has 0 heterocycles. The second-order valence-corrected chi connectivity index (χ2v) is 2.97. The van der Waals surface area contributed by atoms with E-state index in [9.17, 15) is 13.2 Å². The van der Waals surface area contributed by atoms with E-state index in [1.54, 1.807) is 0 Å². The van der Waals surface area contributed by atoms with Crippen LogP contribution in [-0.2, 0) is 19.6 Å². The Labute approximate surface area is 81.0 Å². The van der Waals surface area contributed by atoms with Gasteiger partial charge in [0.25, 0.3) is 0 Å². The lowest BCUT2D eigenvalue weighted by atomic mass is 10.5. The Morgan fingerprint density at radius 3 is 2.27 bits per heavy atom. The van der Waals surface area contributed by atoms with Gasteiger partial charge in [0, 0.05) is 6.42 Å². The highest BCUT2D eigenvalue weighted by atomic mass is 32.2. The van der Waals surface area contributed by atoms with Gasteiger partial charge in [0.05, 0.1) is 0 Å². The molecule has 0 aromatic carbocycles. The van der Waals surface area contributed by atoms with Gasteiger partial charge in [-0.2, -0.15) is 8.42 Å². The van der Waals surface area contributed by atoms with Crippen molar-refractivity contribution in [3.8, 4) is 0 Å². The van der Waals surface area contributed by atoms with Gasteiger partial charge in [-0.1, -0.05) is 6.92 Å². The van der Waals surface area contributed by atoms with Crippen LogP contribution in [0.15, 0.2) is 0 Å². The molecule has 0 aliphatic carbocycles. The fourth-order valence-electron chi connectivity index (χ4n) is 0.242. The summed E-state index contributed by atoms with van der Waals surface area (Å²) in [6.07, 6.45) is 0.0928. The van der Waals surface area contributed by atoms with Crippen molar-refractivity contribution in [2.24, 2.45) is 0 Å². The second kappa shape index (κ2) is 5.75. The summed E-state index contributed by atoms with van der Waals surface area (Å²) >= 11 is 0. The number of hydrogen-bond donors (Lipinski definition) is 1. The summed E-state index contributed by atoms with van der Waals surface area (Å²) in [6.45, 7) is 1.52. The van der Waals surface area contributed by atoms with Crippen molar-refractivity contribution in [3.63, 3.8) is 0 Å². The van der Waals surface area contributed by atoms with Gasteiger partial charge >= 0.3 is 39.1 Å². The molecule has 0 aliphatic rings. The molecule has 0 aromatic rings. The normalized spacial score (nSPS) is 10.0. The number of ether oxygens (including phenoxy) is 1. The van der Waals surface area contributed by atoms with Crippen LogP contribution < -0.4 is 0 Å². The van der Waals surface area contributed by atoms with Crippen molar-refractivity contribution in [1.29, 1.82) is 0 Å². The third kappa shape index (κ3) is 10.1. The second-order valence-electron chi connectivity index (χ2n) is 1.57. The molecule has 64 valence electrons. The summed E-state index contributed by atoms with van der Waals surface area (Å²) in [4.78, 5) is 10.3. The van der Waals surface area contributed by atoms with Gasteiger partial charge < -0.3 is 4.74 Å². The summed E-state index contributed by atoms with van der Waals surface area (Å²) in [6, 6.07) is 0. The van der Waals surface area contributed by atoms with Crippen molar-refractivity contribution in [2.75, 3.05) is 5.94 Å². The molecule has 11 heavy (non-hydrogen) atoms. The van der Waals surface area contributed by atoms with Crippen LogP contribution in [0.2, 0.25) is 0 Å². The number of esters is 1. The molecule has 0 rings (SSSR count). The molecule has 0 aromatic heterocycles. The summed E-state index contributed by atoms with van der Waals surface area (Å²) in [5, 5.41) is 0. The molecule has 0 saturated heterocycles. The molecule has 0 radical (unpaired) electrons. The van der Waals surface area contributed by atoms with Crippen LogP contribution >= 0.6 is 0 Å². The highest BCUT2D eigenvalue weighted by molar-refractivity contribution is 7.85. The maximum absolute atomic E-state index is 10.3. The van der Waals surface area contributed by atoms with Crippen molar-refractivity contribution >= 4 is 39.1 Å². The van der Waals surface area contributed by atoms with Crippen LogP contribution in [0.4, 0.5) is 0 Å². The average molecular weight is 194 g/mol. The minimum Gasteiger partial charge on any atom is -0.447 e. The third-order valence-corrected chi connectivity index (χ3v) is 1.07. The number of rotatable bonds is 3. The van der Waals surface area contributed by atoms with Crippen LogP contribution in [0.25, 0.3) is 0 Å². The zero-order chi connectivity index (χ0) is 8.20. The van der Waals surface area contributed by atoms with E-state index in [1.165, 1.54) is 6.92 Å². The van der Waals surface area contributed by atoms with E-state index >= 15 is 0 Å². The molecule has 0 bridgehead atoms. The first-order valence-electron chi connectivity index (χ1n) is 2.56. The van der Waals surface area contributed by atoms with Gasteiger partial charge in [0.15, 0.2) is 0 Å². The van der Waals surface area contributed by atoms with Gasteiger partial charge in [-0.15, -0.1) is 0 Å². The quantitative estimate of drug-likeness (QED) is 0.349. The van der Waals surface area contributed by atoms with Crippen LogP contribution in [0.1, 0.15) is 13.3 Å². The van der Waals surface area contributed by atoms with Gasteiger partial charge in [-0.05, 0) is 0 Å². The Balaban J connectivity index is 0. The van der Waals surface area contributed by atoms with Gasteiger partial charge in [-0.25, -0.2) is 0 Å². The Hall–Kier alpha value is 0.146. The van der Waals surface area contributed by atoms with E-state index in [0.29, 0.717) is 0 Å². The molecule has 0 aliphatic heterocycles. The van der Waals surface area contributed by atoms with Crippen LogP contribution in [0.5, 0.6) is 0 Å². The molecular weight excluding hydrogens is 184 g/mol. The zero-order valence-electron chi connectivity index (χ0n) is 5.40. The van der Waals surface area contributed by atoms with Gasteiger partial charge in [-0.3, -0.25) is 9.35 Å². The SMILES string of the molecule is CCC(=O)OCS(=O)(=O)O.[MgH2]. The van der Waals surface area contributed by atoms with Crippen LogP contribution in [0.3, 0.4) is 0 Å². The first-order chi connectivity index (χ1) is 4.45. The molecule has 1 N–H and O–H groups in total. The van der Waals surface area contributed by atoms with Crippen LogP contribution in [-0.4, -0.2) is 47.9 Å². The lowest BCUT2D eigenvalue weighted by Gasteiger charge is -1.97. The number of hydrogen-bond acceptors (Lipinski definition) is 4. The molecule has 5 nitrogen and oxygen atoms in total. The lowest BCUT2D eigenvalue weighted by molar-refractivity contribution is -0.141. The van der Waals surface area contributed by atoms with Crippen molar-refractivity contribution in [2.45, 2.75) is 13.3 Å². The van der Waals surface area contributed by atoms with Crippen LogP contribution in [0, 0.1) is 0 Å². The smallest absolute Gasteiger partial charge is 0.316 e. The molecule has 0 atom stereocenters. The predicted molar refractivity (Wildman–Crippen MR) is 41.3 cm³/mol. The maximum Gasteiger partial charge on any atom is 0.316 e. The monoisotopic (exact) mass is 194 g/mol. The van der Waals surface area contributed by atoms with Crippen molar-refractivity contribution in [1.82, 2.24) is 0 Å². The molecule has 7 heteroatoms. The maximum atomic E-state index is 10.3. The van der Waals surface area contributed by atoms with E-state index in [0.717, 1.165) is 0 Å². The predicted octanol–water partition coefficient (Wildman–Crippen LogP) is -1.13. The fourth-order valence-corrected chi connectivity index (χ4v) is 0.523. The standard InChI is InChI=1S/C4H8O5S.Mg.2H/c1-2-4(5)9-3-10(6,7)8;;;/h2-3H2,1H3,(H,6,7,8);;;. The average Bonchev–Trinajstić information content (AvgIpc) is 1.81. The highest BCUT2D eigenvalue weighted by Gasteiger charge is 2.07. The zero-order valence-corrected chi connectivity index (χ0v) is 6.22. The van der Waals surface area contributed by atoms with Crippen molar-refractivity contribution in [3.05, 3.63) is 0 Å². The third-order valence-electron chi connectivity index (χ3n) is 0.658. The molecule has 0 amide bonds. The van der Waals surface area contributed by atoms with E-state index in [4.69, 9.17) is 4.55 Å². The molecule has 0 spiro atoms. The minimum atomic E-state index is -4.17. The lowest BCUT2D eigenvalue weighted by Crippen LogP contribution is -2.12. The first-order valence-corrected chi connectivity index (χ1v) is 4.17. The topological polar surface area (TPSA) is 80.7 Å². The Bertz CT molecular complexity index is 209. The Morgan fingerprint density at radius 2 is 2.00 bits per heavy atom. The first kappa shape index (κ1) is 13.7. The van der Waals surface area contributed by atoms with Gasteiger partial charge in [0.2, 0.25) is 5.94 Å². The molecule has 0 saturated carbocycles. The highest BCUT2D eigenvalue weighted by Crippen LogP contribution is 1.88. The minimum absolute atomic E-state index is 0. The van der Waals surface area contributed by atoms with E-state index < -0.39 is 22.0 Å². The van der Waals surface area contributed by atoms with Crippen molar-refractivity contribution < 1.29 is 22.5 Å². The molecular formula is C4H10MgO5S. The Kier molecular flexibility index (Phi) is 7.17. The van der Waals surface area contributed by atoms with Gasteiger partial charge in [0.1, 0.15) is 0 Å². The summed E-state index contributed by atoms with van der Waals surface area (Å²) < 4.78 is 32.0. The summed E-state index contributed by atoms with van der Waals surface area (Å²) in [5.41, 5.74) is 0. The van der Waals surface area contributed by atoms with E-state index in [2.05, 4.69) is 4.74 Å².